The molecule has 0 bridgehead atoms. The van der Waals surface area contributed by atoms with Gasteiger partial charge in [0.15, 0.2) is 0 Å². The fraction of sp³-hybridized carbons (Fsp3) is 0.667. The third kappa shape index (κ3) is 3.51. The zero-order chi connectivity index (χ0) is 14.0. The number of rotatable bonds is 6. The van der Waals surface area contributed by atoms with Gasteiger partial charge in [-0.3, -0.25) is 0 Å². The average Bonchev–Trinajstić information content (AvgIpc) is 3.17. The Morgan fingerprint density at radius 2 is 2.35 bits per heavy atom. The Balaban J connectivity index is 1.59. The first kappa shape index (κ1) is 13.9. The van der Waals surface area contributed by atoms with Crippen LogP contribution in [-0.4, -0.2) is 28.6 Å². The Hall–Kier alpha value is -1.10. The standard InChI is InChI=1S/C15H23N3OS/c1-15(7-2-8-20-15)10-17-13-6-5-12(16)14(18-13)19-9-11-3-4-11/h5-6,11H,2-4,7-10,16H2,1H3,(H,17,18). The van der Waals surface area contributed by atoms with Crippen molar-refractivity contribution < 1.29 is 4.74 Å². The van der Waals surface area contributed by atoms with E-state index in [1.165, 1.54) is 31.4 Å². The molecule has 1 unspecified atom stereocenters. The van der Waals surface area contributed by atoms with Crippen LogP contribution >= 0.6 is 11.8 Å². The normalized spacial score (nSPS) is 25.6. The van der Waals surface area contributed by atoms with E-state index in [9.17, 15) is 0 Å². The van der Waals surface area contributed by atoms with Gasteiger partial charge in [0, 0.05) is 11.3 Å². The van der Waals surface area contributed by atoms with Crippen LogP contribution < -0.4 is 15.8 Å². The van der Waals surface area contributed by atoms with Gasteiger partial charge in [-0.05, 0) is 56.4 Å². The van der Waals surface area contributed by atoms with Gasteiger partial charge < -0.3 is 15.8 Å². The van der Waals surface area contributed by atoms with E-state index < -0.39 is 0 Å². The molecule has 1 aliphatic heterocycles. The Kier molecular flexibility index (Phi) is 3.96. The maximum atomic E-state index is 5.92. The van der Waals surface area contributed by atoms with Crippen LogP contribution in [-0.2, 0) is 0 Å². The fourth-order valence-corrected chi connectivity index (χ4v) is 3.64. The zero-order valence-electron chi connectivity index (χ0n) is 12.0. The second kappa shape index (κ2) is 5.72. The van der Waals surface area contributed by atoms with Crippen molar-refractivity contribution >= 4 is 23.3 Å². The molecule has 1 saturated carbocycles. The van der Waals surface area contributed by atoms with Crippen LogP contribution in [0.25, 0.3) is 0 Å². The van der Waals surface area contributed by atoms with Gasteiger partial charge in [0.25, 0.3) is 0 Å². The van der Waals surface area contributed by atoms with Gasteiger partial charge >= 0.3 is 0 Å². The molecule has 110 valence electrons. The summed E-state index contributed by atoms with van der Waals surface area (Å²) < 4.78 is 6.05. The largest absolute Gasteiger partial charge is 0.476 e. The molecule has 1 aromatic heterocycles. The minimum absolute atomic E-state index is 0.331. The number of nitrogens with zero attached hydrogens (tertiary/aromatic N) is 1. The molecule has 1 aliphatic carbocycles. The summed E-state index contributed by atoms with van der Waals surface area (Å²) in [6.07, 6.45) is 5.12. The van der Waals surface area contributed by atoms with Crippen molar-refractivity contribution in [3.8, 4) is 5.88 Å². The molecule has 3 N–H and O–H groups in total. The smallest absolute Gasteiger partial charge is 0.239 e. The first-order valence-corrected chi connectivity index (χ1v) is 8.40. The molecule has 1 aromatic rings. The molecule has 0 radical (unpaired) electrons. The number of thioether (sulfide) groups is 1. The van der Waals surface area contributed by atoms with E-state index in [4.69, 9.17) is 10.5 Å². The number of hydrogen-bond donors (Lipinski definition) is 2. The monoisotopic (exact) mass is 293 g/mol. The highest BCUT2D eigenvalue weighted by molar-refractivity contribution is 8.00. The summed E-state index contributed by atoms with van der Waals surface area (Å²) in [5.41, 5.74) is 6.54. The van der Waals surface area contributed by atoms with Crippen molar-refractivity contribution in [3.63, 3.8) is 0 Å². The summed E-state index contributed by atoms with van der Waals surface area (Å²) in [5, 5.41) is 3.43. The second-order valence-corrected chi connectivity index (χ2v) is 7.78. The maximum absolute atomic E-state index is 5.92. The number of hydrogen-bond acceptors (Lipinski definition) is 5. The molecular formula is C15H23N3OS. The van der Waals surface area contributed by atoms with Crippen LogP contribution in [0, 0.1) is 5.92 Å². The van der Waals surface area contributed by atoms with Gasteiger partial charge in [-0.25, -0.2) is 0 Å². The van der Waals surface area contributed by atoms with Crippen molar-refractivity contribution in [1.82, 2.24) is 4.98 Å². The van der Waals surface area contributed by atoms with E-state index in [0.717, 1.165) is 19.0 Å². The highest BCUT2D eigenvalue weighted by Crippen LogP contribution is 2.37. The molecule has 3 rings (SSSR count). The van der Waals surface area contributed by atoms with E-state index in [1.54, 1.807) is 0 Å². The molecule has 2 aliphatic rings. The van der Waals surface area contributed by atoms with E-state index in [0.29, 0.717) is 22.2 Å². The Bertz CT molecular complexity index is 470. The lowest BCUT2D eigenvalue weighted by Gasteiger charge is -2.23. The van der Waals surface area contributed by atoms with Crippen LogP contribution in [0.2, 0.25) is 0 Å². The van der Waals surface area contributed by atoms with Crippen molar-refractivity contribution in [1.29, 1.82) is 0 Å². The molecule has 5 heteroatoms. The van der Waals surface area contributed by atoms with E-state index >= 15 is 0 Å². The summed E-state index contributed by atoms with van der Waals surface area (Å²) in [4.78, 5) is 4.50. The first-order valence-electron chi connectivity index (χ1n) is 7.42. The molecule has 2 heterocycles. The number of anilines is 2. The predicted molar refractivity (Wildman–Crippen MR) is 85.5 cm³/mol. The highest BCUT2D eigenvalue weighted by atomic mass is 32.2. The Morgan fingerprint density at radius 3 is 3.05 bits per heavy atom. The van der Waals surface area contributed by atoms with E-state index in [2.05, 4.69) is 17.2 Å². The van der Waals surface area contributed by atoms with Gasteiger partial charge in [0.05, 0.1) is 12.3 Å². The minimum atomic E-state index is 0.331. The third-order valence-corrected chi connectivity index (χ3v) is 5.52. The SMILES string of the molecule is CC1(CNc2ccc(N)c(OCC3CC3)n2)CCCS1. The predicted octanol–water partition coefficient (Wildman–Crippen LogP) is 3.15. The van der Waals surface area contributed by atoms with Crippen LogP contribution in [0.15, 0.2) is 12.1 Å². The van der Waals surface area contributed by atoms with Crippen molar-refractivity contribution in [2.75, 3.05) is 30.0 Å². The second-order valence-electron chi connectivity index (χ2n) is 6.10. The van der Waals surface area contributed by atoms with Crippen molar-refractivity contribution in [2.45, 2.75) is 37.4 Å². The molecule has 1 saturated heterocycles. The van der Waals surface area contributed by atoms with Crippen LogP contribution in [0.5, 0.6) is 5.88 Å². The molecule has 4 nitrogen and oxygen atoms in total. The maximum Gasteiger partial charge on any atom is 0.239 e. The van der Waals surface area contributed by atoms with Gasteiger partial charge in [0.2, 0.25) is 5.88 Å². The Morgan fingerprint density at radius 1 is 1.50 bits per heavy atom. The van der Waals surface area contributed by atoms with Gasteiger partial charge in [-0.15, -0.1) is 0 Å². The molecule has 0 aromatic carbocycles. The number of nitrogens with two attached hydrogens (primary N) is 1. The molecule has 2 fully saturated rings. The minimum Gasteiger partial charge on any atom is -0.476 e. The lowest BCUT2D eigenvalue weighted by atomic mass is 10.1. The third-order valence-electron chi connectivity index (χ3n) is 3.99. The fourth-order valence-electron chi connectivity index (χ4n) is 2.40. The van der Waals surface area contributed by atoms with Gasteiger partial charge in [-0.1, -0.05) is 0 Å². The van der Waals surface area contributed by atoms with Crippen LogP contribution in [0.1, 0.15) is 32.6 Å². The van der Waals surface area contributed by atoms with Gasteiger partial charge in [0.1, 0.15) is 5.82 Å². The summed E-state index contributed by atoms with van der Waals surface area (Å²) in [6, 6.07) is 3.81. The zero-order valence-corrected chi connectivity index (χ0v) is 12.8. The van der Waals surface area contributed by atoms with Crippen molar-refractivity contribution in [2.24, 2.45) is 5.92 Å². The van der Waals surface area contributed by atoms with Crippen LogP contribution in [0.3, 0.4) is 0 Å². The quantitative estimate of drug-likeness (QED) is 0.843. The van der Waals surface area contributed by atoms with E-state index in [-0.39, 0.29) is 0 Å². The summed E-state index contributed by atoms with van der Waals surface area (Å²) in [7, 11) is 0. The molecule has 20 heavy (non-hydrogen) atoms. The molecule has 1 atom stereocenters. The molecular weight excluding hydrogens is 270 g/mol. The average molecular weight is 293 g/mol. The number of nitrogen functional groups attached to an aromatic ring is 1. The number of ether oxygens (including phenoxy) is 1. The van der Waals surface area contributed by atoms with Gasteiger partial charge in [-0.2, -0.15) is 16.7 Å². The van der Waals surface area contributed by atoms with Crippen LogP contribution in [0.4, 0.5) is 11.5 Å². The molecule has 0 amide bonds. The van der Waals surface area contributed by atoms with E-state index in [1.807, 2.05) is 23.9 Å². The topological polar surface area (TPSA) is 60.2 Å². The highest BCUT2D eigenvalue weighted by Gasteiger charge is 2.29. The number of nitrogens with one attached hydrogen (secondary N) is 1. The molecule has 0 spiro atoms. The summed E-state index contributed by atoms with van der Waals surface area (Å²) in [5.74, 6) is 3.41. The summed E-state index contributed by atoms with van der Waals surface area (Å²) >= 11 is 2.05. The first-order chi connectivity index (χ1) is 9.65. The lowest BCUT2D eigenvalue weighted by molar-refractivity contribution is 0.290. The Labute approximate surface area is 124 Å². The number of aromatic nitrogens is 1. The van der Waals surface area contributed by atoms with Crippen molar-refractivity contribution in [3.05, 3.63) is 12.1 Å². The summed E-state index contributed by atoms with van der Waals surface area (Å²) in [6.45, 7) is 4.00. The lowest BCUT2D eigenvalue weighted by Crippen LogP contribution is -2.27. The number of pyridine rings is 1.